The molecule has 3 nitrogen and oxygen atoms in total. The standard InChI is InChI=1S/C20H16NO2P/c1-3-10-17(11-4-1)22-24(23-18-12-5-2-6-13-18)20-15-16-9-7-8-14-19(16)21-20/h1-15,21H. The Labute approximate surface area is 141 Å². The summed E-state index contributed by atoms with van der Waals surface area (Å²) in [5.74, 6) is 1.58. The van der Waals surface area contributed by atoms with E-state index in [0.717, 1.165) is 27.8 Å². The van der Waals surface area contributed by atoms with Crippen molar-refractivity contribution >= 4 is 24.7 Å². The molecular weight excluding hydrogens is 317 g/mol. The fourth-order valence-corrected chi connectivity index (χ4v) is 3.74. The van der Waals surface area contributed by atoms with Crippen LogP contribution in [-0.2, 0) is 0 Å². The SMILES string of the molecule is c1ccc(OP(Oc2ccccc2)c2cc3ccccc3[nH]2)cc1. The van der Waals surface area contributed by atoms with Crippen LogP contribution in [0.25, 0.3) is 10.9 Å². The summed E-state index contributed by atoms with van der Waals surface area (Å²) in [5, 5.41) is 1.15. The average Bonchev–Trinajstić information content (AvgIpc) is 3.07. The molecule has 0 saturated heterocycles. The average molecular weight is 333 g/mol. The Morgan fingerprint density at radius 2 is 1.17 bits per heavy atom. The first-order valence-electron chi connectivity index (χ1n) is 7.72. The molecule has 0 aliphatic carbocycles. The molecule has 1 aromatic heterocycles. The van der Waals surface area contributed by atoms with Gasteiger partial charge in [-0.05, 0) is 36.4 Å². The zero-order valence-electron chi connectivity index (χ0n) is 12.9. The highest BCUT2D eigenvalue weighted by Gasteiger charge is 2.20. The lowest BCUT2D eigenvalue weighted by Gasteiger charge is -2.17. The smallest absolute Gasteiger partial charge is 0.343 e. The van der Waals surface area contributed by atoms with Gasteiger partial charge in [0.25, 0.3) is 0 Å². The molecule has 0 unspecified atom stereocenters. The molecule has 0 radical (unpaired) electrons. The van der Waals surface area contributed by atoms with Crippen LogP contribution in [0.1, 0.15) is 0 Å². The number of hydrogen-bond acceptors (Lipinski definition) is 2. The van der Waals surface area contributed by atoms with Crippen LogP contribution < -0.4 is 14.5 Å². The van der Waals surface area contributed by atoms with Crippen molar-refractivity contribution in [3.8, 4) is 11.5 Å². The second kappa shape index (κ2) is 6.77. The molecule has 0 saturated carbocycles. The number of fused-ring (bicyclic) bond motifs is 1. The lowest BCUT2D eigenvalue weighted by atomic mass is 10.3. The van der Waals surface area contributed by atoms with Crippen molar-refractivity contribution in [2.24, 2.45) is 0 Å². The third kappa shape index (κ3) is 3.27. The van der Waals surface area contributed by atoms with Crippen LogP contribution in [0.5, 0.6) is 11.5 Å². The minimum absolute atomic E-state index is 0.790. The summed E-state index contributed by atoms with van der Waals surface area (Å²) in [6, 6.07) is 29.8. The lowest BCUT2D eigenvalue weighted by Crippen LogP contribution is -2.10. The number of H-pyrrole nitrogens is 1. The van der Waals surface area contributed by atoms with Gasteiger partial charge < -0.3 is 14.0 Å². The molecule has 4 rings (SSSR count). The van der Waals surface area contributed by atoms with Crippen LogP contribution in [0.15, 0.2) is 91.0 Å². The Morgan fingerprint density at radius 1 is 0.625 bits per heavy atom. The highest BCUT2D eigenvalue weighted by molar-refractivity contribution is 7.56. The topological polar surface area (TPSA) is 34.2 Å². The number of aromatic amines is 1. The normalized spacial score (nSPS) is 10.9. The molecule has 4 heteroatoms. The van der Waals surface area contributed by atoms with Crippen molar-refractivity contribution < 1.29 is 9.05 Å². The second-order valence-corrected chi connectivity index (χ2v) is 6.67. The fraction of sp³-hybridized carbons (Fsp3) is 0. The van der Waals surface area contributed by atoms with Gasteiger partial charge in [0.1, 0.15) is 16.9 Å². The van der Waals surface area contributed by atoms with Gasteiger partial charge in [0.15, 0.2) is 0 Å². The van der Waals surface area contributed by atoms with Crippen molar-refractivity contribution in [2.45, 2.75) is 0 Å². The minimum atomic E-state index is -1.31. The van der Waals surface area contributed by atoms with E-state index in [1.165, 1.54) is 0 Å². The minimum Gasteiger partial charge on any atom is -0.434 e. The van der Waals surface area contributed by atoms with Crippen molar-refractivity contribution in [2.75, 3.05) is 0 Å². The second-order valence-electron chi connectivity index (χ2n) is 5.31. The van der Waals surface area contributed by atoms with Crippen molar-refractivity contribution in [1.29, 1.82) is 0 Å². The van der Waals surface area contributed by atoms with Gasteiger partial charge in [-0.15, -0.1) is 0 Å². The van der Waals surface area contributed by atoms with E-state index in [4.69, 9.17) is 9.05 Å². The van der Waals surface area contributed by atoms with Gasteiger partial charge in [-0.3, -0.25) is 0 Å². The third-order valence-electron chi connectivity index (χ3n) is 3.58. The first kappa shape index (κ1) is 14.8. The summed E-state index contributed by atoms with van der Waals surface area (Å²) < 4.78 is 12.3. The maximum absolute atomic E-state index is 6.15. The lowest BCUT2D eigenvalue weighted by molar-refractivity contribution is 0.501. The Morgan fingerprint density at radius 3 is 1.75 bits per heavy atom. The summed E-state index contributed by atoms with van der Waals surface area (Å²) in [4.78, 5) is 3.41. The maximum atomic E-state index is 6.15. The predicted molar refractivity (Wildman–Crippen MR) is 99.0 cm³/mol. The highest BCUT2D eigenvalue weighted by atomic mass is 31.2. The molecule has 0 aliphatic heterocycles. The van der Waals surface area contributed by atoms with Crippen LogP contribution in [0, 0.1) is 0 Å². The number of nitrogens with one attached hydrogen (secondary N) is 1. The summed E-state index contributed by atoms with van der Waals surface area (Å²) in [7, 11) is -1.31. The van der Waals surface area contributed by atoms with Gasteiger partial charge >= 0.3 is 8.38 Å². The molecule has 1 N–H and O–H groups in total. The molecule has 0 aliphatic rings. The van der Waals surface area contributed by atoms with Crippen LogP contribution in [0.3, 0.4) is 0 Å². The van der Waals surface area contributed by atoms with E-state index < -0.39 is 8.38 Å². The monoisotopic (exact) mass is 333 g/mol. The fourth-order valence-electron chi connectivity index (χ4n) is 2.43. The zero-order valence-corrected chi connectivity index (χ0v) is 13.8. The van der Waals surface area contributed by atoms with Crippen LogP contribution in [-0.4, -0.2) is 4.98 Å². The molecule has 3 aromatic carbocycles. The van der Waals surface area contributed by atoms with Crippen molar-refractivity contribution in [3.63, 3.8) is 0 Å². The molecular formula is C20H16NO2P. The van der Waals surface area contributed by atoms with Gasteiger partial charge in [-0.25, -0.2) is 0 Å². The van der Waals surface area contributed by atoms with E-state index in [9.17, 15) is 0 Å². The van der Waals surface area contributed by atoms with Crippen molar-refractivity contribution in [3.05, 3.63) is 91.0 Å². The molecule has 4 aromatic rings. The van der Waals surface area contributed by atoms with Crippen LogP contribution in [0.2, 0.25) is 0 Å². The molecule has 24 heavy (non-hydrogen) atoms. The first-order valence-corrected chi connectivity index (χ1v) is 8.90. The van der Waals surface area contributed by atoms with E-state index in [0.29, 0.717) is 0 Å². The van der Waals surface area contributed by atoms with E-state index in [-0.39, 0.29) is 0 Å². The van der Waals surface area contributed by atoms with Gasteiger partial charge in [0.2, 0.25) is 0 Å². The summed E-state index contributed by atoms with van der Waals surface area (Å²) in [5.41, 5.74) is 2.02. The Bertz CT molecular complexity index is 847. The summed E-state index contributed by atoms with van der Waals surface area (Å²) in [6.45, 7) is 0. The predicted octanol–water partition coefficient (Wildman–Crippen LogP) is 5.26. The first-order chi connectivity index (χ1) is 11.9. The molecule has 0 amide bonds. The number of aromatic nitrogens is 1. The van der Waals surface area contributed by atoms with Gasteiger partial charge in [0.05, 0.1) is 0 Å². The van der Waals surface area contributed by atoms with Gasteiger partial charge in [-0.1, -0.05) is 54.6 Å². The third-order valence-corrected chi connectivity index (χ3v) is 4.96. The molecule has 0 spiro atoms. The van der Waals surface area contributed by atoms with Crippen LogP contribution in [0.4, 0.5) is 0 Å². The van der Waals surface area contributed by atoms with E-state index in [2.05, 4.69) is 23.2 Å². The molecule has 0 fully saturated rings. The maximum Gasteiger partial charge on any atom is 0.343 e. The van der Waals surface area contributed by atoms with Crippen molar-refractivity contribution in [1.82, 2.24) is 4.98 Å². The number of rotatable bonds is 5. The van der Waals surface area contributed by atoms with Gasteiger partial charge in [-0.2, -0.15) is 0 Å². The zero-order chi connectivity index (χ0) is 16.2. The largest absolute Gasteiger partial charge is 0.434 e. The summed E-state index contributed by atoms with van der Waals surface area (Å²) >= 11 is 0. The molecule has 1 heterocycles. The van der Waals surface area contributed by atoms with E-state index in [1.807, 2.05) is 72.8 Å². The van der Waals surface area contributed by atoms with Gasteiger partial charge in [0, 0.05) is 10.9 Å². The van der Waals surface area contributed by atoms with E-state index in [1.54, 1.807) is 0 Å². The highest BCUT2D eigenvalue weighted by Crippen LogP contribution is 2.39. The number of para-hydroxylation sites is 3. The number of hydrogen-bond donors (Lipinski definition) is 1. The molecule has 0 atom stereocenters. The van der Waals surface area contributed by atoms with E-state index >= 15 is 0 Å². The Hall–Kier alpha value is -2.77. The quantitative estimate of drug-likeness (QED) is 0.505. The summed E-state index contributed by atoms with van der Waals surface area (Å²) in [6.07, 6.45) is 0. The molecule has 118 valence electrons. The molecule has 0 bridgehead atoms. The van der Waals surface area contributed by atoms with Crippen LogP contribution >= 0.6 is 8.38 Å². The Balaban J connectivity index is 1.68. The number of benzene rings is 3. The Kier molecular flexibility index (Phi) is 4.18.